The average Bonchev–Trinajstić information content (AvgIpc) is 2.66. The van der Waals surface area contributed by atoms with Crippen molar-refractivity contribution in [3.05, 3.63) is 55.1 Å². The van der Waals surface area contributed by atoms with Crippen LogP contribution in [0.15, 0.2) is 28.7 Å². The molecule has 1 N–H and O–H groups in total. The predicted octanol–water partition coefficient (Wildman–Crippen LogP) is 5.29. The minimum Gasteiger partial charge on any atom is -0.305 e. The molecule has 0 aliphatic rings. The minimum atomic E-state index is -0.537. The summed E-state index contributed by atoms with van der Waals surface area (Å²) in [7, 11) is 0. The van der Waals surface area contributed by atoms with Gasteiger partial charge in [0.25, 0.3) is 0 Å². The molecule has 1 aromatic carbocycles. The van der Waals surface area contributed by atoms with Gasteiger partial charge in [-0.1, -0.05) is 17.7 Å². The topological polar surface area (TPSA) is 12.0 Å². The van der Waals surface area contributed by atoms with E-state index < -0.39 is 17.7 Å². The van der Waals surface area contributed by atoms with Crippen molar-refractivity contribution in [3.63, 3.8) is 0 Å². The lowest BCUT2D eigenvalue weighted by molar-refractivity contribution is 0.489. The lowest BCUT2D eigenvalue weighted by Crippen LogP contribution is -2.19. The normalized spacial score (nSPS) is 12.7. The molecule has 19 heavy (non-hydrogen) atoms. The summed E-state index contributed by atoms with van der Waals surface area (Å²) in [6.45, 7) is 2.23. The van der Waals surface area contributed by atoms with Crippen LogP contribution in [0.2, 0.25) is 4.34 Å². The van der Waals surface area contributed by atoms with Gasteiger partial charge in [0, 0.05) is 27.5 Å². The van der Waals surface area contributed by atoms with Crippen LogP contribution in [0.4, 0.5) is 8.78 Å². The van der Waals surface area contributed by atoms with Gasteiger partial charge in [-0.05, 0) is 41.1 Å². The highest BCUT2D eigenvalue weighted by molar-refractivity contribution is 9.10. The smallest absolute Gasteiger partial charge is 0.130 e. The van der Waals surface area contributed by atoms with Crippen LogP contribution in [0.5, 0.6) is 0 Å². The van der Waals surface area contributed by atoms with Gasteiger partial charge in [0.2, 0.25) is 0 Å². The standard InChI is InChI=1S/C13H11BrClF2NS/c1-7(12-10(16)3-2-4-11(12)17)18-6-8-5-9(14)13(15)19-8/h2-5,7,18H,6H2,1H3. The van der Waals surface area contributed by atoms with Gasteiger partial charge in [-0.3, -0.25) is 0 Å². The number of hydrogen-bond donors (Lipinski definition) is 1. The van der Waals surface area contributed by atoms with Crippen molar-refractivity contribution in [3.8, 4) is 0 Å². The van der Waals surface area contributed by atoms with Gasteiger partial charge in [0.1, 0.15) is 16.0 Å². The highest BCUT2D eigenvalue weighted by Gasteiger charge is 2.15. The van der Waals surface area contributed by atoms with Gasteiger partial charge in [-0.25, -0.2) is 8.78 Å². The minimum absolute atomic E-state index is 0.0595. The summed E-state index contributed by atoms with van der Waals surface area (Å²) in [5, 5.41) is 3.09. The van der Waals surface area contributed by atoms with Crippen molar-refractivity contribution in [1.29, 1.82) is 0 Å². The van der Waals surface area contributed by atoms with E-state index in [0.717, 1.165) is 9.35 Å². The first-order valence-corrected chi connectivity index (χ1v) is 7.58. The largest absolute Gasteiger partial charge is 0.305 e. The van der Waals surface area contributed by atoms with Gasteiger partial charge in [0.05, 0.1) is 0 Å². The molecule has 0 saturated carbocycles. The van der Waals surface area contributed by atoms with Crippen molar-refractivity contribution in [1.82, 2.24) is 5.32 Å². The molecule has 1 atom stereocenters. The van der Waals surface area contributed by atoms with Crippen LogP contribution in [-0.4, -0.2) is 0 Å². The van der Waals surface area contributed by atoms with Crippen molar-refractivity contribution >= 4 is 38.9 Å². The number of hydrogen-bond acceptors (Lipinski definition) is 2. The third-order valence-electron chi connectivity index (χ3n) is 2.71. The maximum absolute atomic E-state index is 13.6. The number of benzene rings is 1. The molecule has 102 valence electrons. The molecule has 0 fully saturated rings. The third-order valence-corrected chi connectivity index (χ3v) is 5.19. The Kier molecular flexibility index (Phi) is 4.95. The Morgan fingerprint density at radius 3 is 2.53 bits per heavy atom. The van der Waals surface area contributed by atoms with E-state index in [9.17, 15) is 8.78 Å². The van der Waals surface area contributed by atoms with Crippen molar-refractivity contribution in [2.75, 3.05) is 0 Å². The quantitative estimate of drug-likeness (QED) is 0.775. The SMILES string of the molecule is CC(NCc1cc(Br)c(Cl)s1)c1c(F)cccc1F. The summed E-state index contributed by atoms with van der Waals surface area (Å²) < 4.78 is 28.7. The molecule has 0 spiro atoms. The Labute approximate surface area is 127 Å². The number of thiophene rings is 1. The fraction of sp³-hybridized carbons (Fsp3) is 0.231. The molecule has 0 aliphatic carbocycles. The van der Waals surface area contributed by atoms with Crippen molar-refractivity contribution in [2.45, 2.75) is 19.5 Å². The highest BCUT2D eigenvalue weighted by Crippen LogP contribution is 2.32. The fourth-order valence-corrected chi connectivity index (χ4v) is 3.50. The summed E-state index contributed by atoms with van der Waals surface area (Å²) in [4.78, 5) is 1.00. The molecule has 1 heterocycles. The van der Waals surface area contributed by atoms with Crippen LogP contribution in [-0.2, 0) is 6.54 Å². The van der Waals surface area contributed by atoms with Gasteiger partial charge in [0.15, 0.2) is 0 Å². The summed E-state index contributed by atoms with van der Waals surface area (Å²) in [6.07, 6.45) is 0. The second-order valence-electron chi connectivity index (χ2n) is 4.07. The molecule has 0 amide bonds. The Balaban J connectivity index is 2.07. The summed E-state index contributed by atoms with van der Waals surface area (Å²) in [5.41, 5.74) is 0.0595. The van der Waals surface area contributed by atoms with Crippen LogP contribution in [0.1, 0.15) is 23.4 Å². The first kappa shape index (κ1) is 14.9. The van der Waals surface area contributed by atoms with Gasteiger partial charge >= 0.3 is 0 Å². The monoisotopic (exact) mass is 365 g/mol. The molecule has 1 aromatic heterocycles. The second kappa shape index (κ2) is 6.31. The van der Waals surface area contributed by atoms with Gasteiger partial charge in [-0.2, -0.15) is 0 Å². The number of halogens is 4. The van der Waals surface area contributed by atoms with Crippen LogP contribution in [0.25, 0.3) is 0 Å². The second-order valence-corrected chi connectivity index (χ2v) is 6.67. The molecular formula is C13H11BrClF2NS. The molecule has 1 unspecified atom stereocenters. The first-order chi connectivity index (χ1) is 8.99. The van der Waals surface area contributed by atoms with Crippen LogP contribution >= 0.6 is 38.9 Å². The van der Waals surface area contributed by atoms with Gasteiger partial charge in [-0.15, -0.1) is 11.3 Å². The molecule has 0 radical (unpaired) electrons. The Morgan fingerprint density at radius 2 is 2.00 bits per heavy atom. The summed E-state index contributed by atoms with van der Waals surface area (Å²) in [5.74, 6) is -1.07. The van der Waals surface area contributed by atoms with E-state index in [0.29, 0.717) is 10.9 Å². The van der Waals surface area contributed by atoms with E-state index >= 15 is 0 Å². The van der Waals surface area contributed by atoms with E-state index in [1.807, 2.05) is 6.07 Å². The van der Waals surface area contributed by atoms with Gasteiger partial charge < -0.3 is 5.32 Å². The van der Waals surface area contributed by atoms with E-state index in [1.165, 1.54) is 29.5 Å². The van der Waals surface area contributed by atoms with E-state index in [-0.39, 0.29) is 5.56 Å². The summed E-state index contributed by atoms with van der Waals surface area (Å²) in [6, 6.07) is 5.35. The third kappa shape index (κ3) is 3.54. The Morgan fingerprint density at radius 1 is 1.37 bits per heavy atom. The van der Waals surface area contributed by atoms with Crippen LogP contribution in [0.3, 0.4) is 0 Å². The number of nitrogens with one attached hydrogen (secondary N) is 1. The molecule has 2 aromatic rings. The molecule has 0 bridgehead atoms. The van der Waals surface area contributed by atoms with E-state index in [4.69, 9.17) is 11.6 Å². The molecule has 0 aliphatic heterocycles. The molecule has 1 nitrogen and oxygen atoms in total. The first-order valence-electron chi connectivity index (χ1n) is 5.60. The molecule has 0 saturated heterocycles. The zero-order valence-electron chi connectivity index (χ0n) is 10.0. The zero-order valence-corrected chi connectivity index (χ0v) is 13.2. The van der Waals surface area contributed by atoms with Crippen LogP contribution in [0, 0.1) is 11.6 Å². The maximum atomic E-state index is 13.6. The lowest BCUT2D eigenvalue weighted by atomic mass is 10.1. The highest BCUT2D eigenvalue weighted by atomic mass is 79.9. The predicted molar refractivity (Wildman–Crippen MR) is 78.6 cm³/mol. The summed E-state index contributed by atoms with van der Waals surface area (Å²) >= 11 is 10.7. The lowest BCUT2D eigenvalue weighted by Gasteiger charge is -2.15. The van der Waals surface area contributed by atoms with E-state index in [1.54, 1.807) is 6.92 Å². The molecule has 6 heteroatoms. The van der Waals surface area contributed by atoms with E-state index in [2.05, 4.69) is 21.2 Å². The van der Waals surface area contributed by atoms with Crippen molar-refractivity contribution < 1.29 is 8.78 Å². The van der Waals surface area contributed by atoms with Crippen LogP contribution < -0.4 is 5.32 Å². The zero-order chi connectivity index (χ0) is 14.0. The fourth-order valence-electron chi connectivity index (χ4n) is 1.76. The number of rotatable bonds is 4. The Hall–Kier alpha value is -0.490. The Bertz CT molecular complexity index is 548. The maximum Gasteiger partial charge on any atom is 0.130 e. The molecule has 2 rings (SSSR count). The average molecular weight is 367 g/mol. The molecular weight excluding hydrogens is 356 g/mol. The van der Waals surface area contributed by atoms with Crippen molar-refractivity contribution in [2.24, 2.45) is 0 Å².